The van der Waals surface area contributed by atoms with Crippen LogP contribution in [0.15, 0.2) is 18.2 Å². The number of hydrogen-bond acceptors (Lipinski definition) is 3. The minimum absolute atomic E-state index is 0.0971. The molecule has 2 rings (SSSR count). The summed E-state index contributed by atoms with van der Waals surface area (Å²) in [6.07, 6.45) is 0.891. The van der Waals surface area contributed by atoms with Gasteiger partial charge in [0.1, 0.15) is 0 Å². The molecule has 0 saturated carbocycles. The van der Waals surface area contributed by atoms with Gasteiger partial charge in [0.2, 0.25) is 0 Å². The van der Waals surface area contributed by atoms with Crippen molar-refractivity contribution in [2.24, 2.45) is 11.7 Å². The number of benzene rings is 1. The predicted octanol–water partition coefficient (Wildman–Crippen LogP) is 1.80. The maximum Gasteiger partial charge on any atom is 0.337 e. The Morgan fingerprint density at radius 3 is 2.85 bits per heavy atom. The number of carboxylic acids is 1. The second-order valence-electron chi connectivity index (χ2n) is 4.76. The lowest BCUT2D eigenvalue weighted by Gasteiger charge is -2.18. The van der Waals surface area contributed by atoms with Crippen molar-refractivity contribution in [3.63, 3.8) is 0 Å². The minimum Gasteiger partial charge on any atom is -0.478 e. The highest BCUT2D eigenvalue weighted by Crippen LogP contribution is 2.21. The quantitative estimate of drug-likeness (QED) is 0.687. The van der Waals surface area contributed by atoms with E-state index in [2.05, 4.69) is 5.32 Å². The molecule has 0 radical (unpaired) electrons. The lowest BCUT2D eigenvalue weighted by molar-refractivity contribution is 0.0698. The number of aromatic carboxylic acids is 1. The molecule has 0 bridgehead atoms. The van der Waals surface area contributed by atoms with Gasteiger partial charge in [-0.15, -0.1) is 0 Å². The molecular formula is C13H16IN3O3. The molecule has 1 aromatic carbocycles. The van der Waals surface area contributed by atoms with Crippen LogP contribution in [0, 0.1) is 9.49 Å². The Labute approximate surface area is 130 Å². The van der Waals surface area contributed by atoms with Crippen molar-refractivity contribution in [2.45, 2.75) is 6.42 Å². The van der Waals surface area contributed by atoms with Gasteiger partial charge in [0.05, 0.1) is 11.3 Å². The molecule has 1 heterocycles. The SMILES string of the molecule is NCC1CCN(C(=O)Nc2ccc(I)cc2C(=O)O)C1. The van der Waals surface area contributed by atoms with Crippen molar-refractivity contribution in [2.75, 3.05) is 25.0 Å². The Kier molecular flexibility index (Phi) is 4.81. The third-order valence-corrected chi connectivity index (χ3v) is 4.03. The molecule has 1 aromatic rings. The fourth-order valence-electron chi connectivity index (χ4n) is 2.21. The maximum absolute atomic E-state index is 12.1. The molecule has 4 N–H and O–H groups in total. The summed E-state index contributed by atoms with van der Waals surface area (Å²) >= 11 is 2.03. The average molecular weight is 389 g/mol. The lowest BCUT2D eigenvalue weighted by Crippen LogP contribution is -2.34. The first kappa shape index (κ1) is 15.0. The summed E-state index contributed by atoms with van der Waals surface area (Å²) in [6.45, 7) is 1.84. The summed E-state index contributed by atoms with van der Waals surface area (Å²) in [5.74, 6) is -0.725. The number of likely N-dealkylation sites (tertiary alicyclic amines) is 1. The Balaban J connectivity index is 2.10. The van der Waals surface area contributed by atoms with E-state index in [9.17, 15) is 9.59 Å². The van der Waals surface area contributed by atoms with Crippen LogP contribution in [0.3, 0.4) is 0 Å². The van der Waals surface area contributed by atoms with E-state index in [0.717, 1.165) is 9.99 Å². The van der Waals surface area contributed by atoms with Gasteiger partial charge >= 0.3 is 12.0 Å². The second kappa shape index (κ2) is 6.40. The number of halogens is 1. The zero-order valence-electron chi connectivity index (χ0n) is 10.8. The van der Waals surface area contributed by atoms with E-state index in [-0.39, 0.29) is 11.6 Å². The molecule has 1 fully saturated rings. The molecule has 1 aliphatic rings. The van der Waals surface area contributed by atoms with E-state index in [0.29, 0.717) is 31.2 Å². The van der Waals surface area contributed by atoms with Gasteiger partial charge in [0.15, 0.2) is 0 Å². The van der Waals surface area contributed by atoms with Gasteiger partial charge < -0.3 is 21.1 Å². The zero-order chi connectivity index (χ0) is 14.7. The highest BCUT2D eigenvalue weighted by Gasteiger charge is 2.26. The van der Waals surface area contributed by atoms with Crippen LogP contribution in [-0.4, -0.2) is 41.6 Å². The summed E-state index contributed by atoms with van der Waals surface area (Å²) in [5.41, 5.74) is 6.01. The number of amides is 2. The molecule has 1 atom stereocenters. The molecule has 0 aromatic heterocycles. The number of carboxylic acid groups (broad SMARTS) is 1. The van der Waals surface area contributed by atoms with E-state index in [1.54, 1.807) is 17.0 Å². The minimum atomic E-state index is -1.06. The molecule has 1 saturated heterocycles. The highest BCUT2D eigenvalue weighted by atomic mass is 127. The third-order valence-electron chi connectivity index (χ3n) is 3.36. The van der Waals surface area contributed by atoms with Crippen LogP contribution in [0.4, 0.5) is 10.5 Å². The normalized spacial score (nSPS) is 18.1. The van der Waals surface area contributed by atoms with Gasteiger partial charge in [-0.2, -0.15) is 0 Å². The summed E-state index contributed by atoms with van der Waals surface area (Å²) in [7, 11) is 0. The first-order valence-electron chi connectivity index (χ1n) is 6.30. The summed E-state index contributed by atoms with van der Waals surface area (Å²) in [4.78, 5) is 25.0. The number of urea groups is 1. The van der Waals surface area contributed by atoms with Gasteiger partial charge in [0, 0.05) is 16.7 Å². The average Bonchev–Trinajstić information content (AvgIpc) is 2.89. The standard InChI is InChI=1S/C13H16IN3O3/c14-9-1-2-11(10(5-9)12(18)19)16-13(20)17-4-3-8(6-15)7-17/h1-2,5,8H,3-4,6-7,15H2,(H,16,20)(H,18,19). The molecule has 2 amide bonds. The van der Waals surface area contributed by atoms with Gasteiger partial charge in [-0.05, 0) is 59.7 Å². The van der Waals surface area contributed by atoms with E-state index < -0.39 is 5.97 Å². The van der Waals surface area contributed by atoms with Crippen molar-refractivity contribution >= 4 is 40.3 Å². The van der Waals surface area contributed by atoms with Crippen LogP contribution in [0.1, 0.15) is 16.8 Å². The van der Waals surface area contributed by atoms with Crippen molar-refractivity contribution in [1.29, 1.82) is 0 Å². The molecule has 108 valence electrons. The first-order chi connectivity index (χ1) is 9.51. The fraction of sp³-hybridized carbons (Fsp3) is 0.385. The van der Waals surface area contributed by atoms with Crippen LogP contribution < -0.4 is 11.1 Å². The van der Waals surface area contributed by atoms with E-state index in [1.165, 1.54) is 6.07 Å². The number of carbonyl (C=O) groups is 2. The molecule has 1 unspecified atom stereocenters. The van der Waals surface area contributed by atoms with Crippen LogP contribution in [-0.2, 0) is 0 Å². The van der Waals surface area contributed by atoms with Crippen LogP contribution in [0.5, 0.6) is 0 Å². The monoisotopic (exact) mass is 389 g/mol. The topological polar surface area (TPSA) is 95.7 Å². The van der Waals surface area contributed by atoms with Crippen molar-refractivity contribution in [3.8, 4) is 0 Å². The zero-order valence-corrected chi connectivity index (χ0v) is 13.0. The Morgan fingerprint density at radius 1 is 1.50 bits per heavy atom. The molecule has 7 heteroatoms. The van der Waals surface area contributed by atoms with Crippen LogP contribution >= 0.6 is 22.6 Å². The van der Waals surface area contributed by atoms with Crippen molar-refractivity contribution in [1.82, 2.24) is 4.90 Å². The Bertz CT molecular complexity index is 536. The molecule has 20 heavy (non-hydrogen) atoms. The predicted molar refractivity (Wildman–Crippen MR) is 83.9 cm³/mol. The van der Waals surface area contributed by atoms with Crippen LogP contribution in [0.25, 0.3) is 0 Å². The highest BCUT2D eigenvalue weighted by molar-refractivity contribution is 14.1. The van der Waals surface area contributed by atoms with Gasteiger partial charge in [0.25, 0.3) is 0 Å². The summed E-state index contributed by atoms with van der Waals surface area (Å²) < 4.78 is 0.808. The molecule has 0 spiro atoms. The third kappa shape index (κ3) is 3.40. The lowest BCUT2D eigenvalue weighted by atomic mass is 10.1. The number of nitrogens with zero attached hydrogens (tertiary/aromatic N) is 1. The number of anilines is 1. The summed E-state index contributed by atoms with van der Waals surface area (Å²) in [6, 6.07) is 4.63. The molecule has 1 aliphatic heterocycles. The molecule has 0 aliphatic carbocycles. The van der Waals surface area contributed by atoms with E-state index in [4.69, 9.17) is 10.8 Å². The number of rotatable bonds is 3. The maximum atomic E-state index is 12.1. The smallest absolute Gasteiger partial charge is 0.337 e. The number of nitrogens with two attached hydrogens (primary N) is 1. The molecule has 6 nitrogen and oxygen atoms in total. The van der Waals surface area contributed by atoms with Crippen LogP contribution in [0.2, 0.25) is 0 Å². The molecular weight excluding hydrogens is 373 g/mol. The van der Waals surface area contributed by atoms with Gasteiger partial charge in [-0.3, -0.25) is 0 Å². The Hall–Kier alpha value is -1.35. The van der Waals surface area contributed by atoms with E-state index >= 15 is 0 Å². The van der Waals surface area contributed by atoms with Gasteiger partial charge in [-0.1, -0.05) is 0 Å². The fourth-order valence-corrected chi connectivity index (χ4v) is 2.70. The van der Waals surface area contributed by atoms with Crippen molar-refractivity contribution in [3.05, 3.63) is 27.3 Å². The second-order valence-corrected chi connectivity index (χ2v) is 6.01. The Morgan fingerprint density at radius 2 is 2.25 bits per heavy atom. The number of carbonyl (C=O) groups excluding carboxylic acids is 1. The van der Waals surface area contributed by atoms with Crippen molar-refractivity contribution < 1.29 is 14.7 Å². The van der Waals surface area contributed by atoms with E-state index in [1.807, 2.05) is 22.6 Å². The largest absolute Gasteiger partial charge is 0.478 e. The van der Waals surface area contributed by atoms with Gasteiger partial charge in [-0.25, -0.2) is 9.59 Å². The number of hydrogen-bond donors (Lipinski definition) is 3. The summed E-state index contributed by atoms with van der Waals surface area (Å²) in [5, 5.41) is 11.8. The first-order valence-corrected chi connectivity index (χ1v) is 7.38. The number of nitrogens with one attached hydrogen (secondary N) is 1.